The number of hydrogen-bond donors (Lipinski definition) is 1. The number of carbonyl (C=O) groups excluding carboxylic acids is 1. The Morgan fingerprint density at radius 1 is 1.48 bits per heavy atom. The average molecular weight is 300 g/mol. The molecule has 1 heterocycles. The lowest BCUT2D eigenvalue weighted by Crippen LogP contribution is -2.42. The third-order valence-corrected chi connectivity index (χ3v) is 3.72. The number of benzene rings is 1. The van der Waals surface area contributed by atoms with Crippen molar-refractivity contribution in [2.45, 2.75) is 26.2 Å². The van der Waals surface area contributed by atoms with Crippen molar-refractivity contribution in [2.24, 2.45) is 5.92 Å². The molecule has 1 saturated heterocycles. The first-order chi connectivity index (χ1) is 9.95. The molecule has 0 aliphatic carbocycles. The summed E-state index contributed by atoms with van der Waals surface area (Å²) in [5.41, 5.74) is 0.884. The van der Waals surface area contributed by atoms with E-state index in [1.54, 1.807) is 24.0 Å². The van der Waals surface area contributed by atoms with Gasteiger partial charge in [-0.1, -0.05) is 6.07 Å². The molecule has 1 amide bonds. The minimum Gasteiger partial charge on any atom is -0.325 e. The molecule has 0 saturated carbocycles. The van der Waals surface area contributed by atoms with Gasteiger partial charge in [0.2, 0.25) is 12.3 Å². The van der Waals surface area contributed by atoms with Crippen molar-refractivity contribution in [1.29, 1.82) is 0 Å². The van der Waals surface area contributed by atoms with Gasteiger partial charge in [-0.2, -0.15) is 0 Å². The summed E-state index contributed by atoms with van der Waals surface area (Å²) in [7, 11) is 0. The van der Waals surface area contributed by atoms with Crippen molar-refractivity contribution in [3.63, 3.8) is 0 Å². The zero-order chi connectivity index (χ0) is 15.4. The van der Waals surface area contributed by atoms with E-state index in [2.05, 4.69) is 5.32 Å². The fraction of sp³-hybridized carbons (Fsp3) is 0.533. The van der Waals surface area contributed by atoms with Crippen LogP contribution in [0.5, 0.6) is 0 Å². The Hall–Kier alpha value is -1.56. The first kappa shape index (κ1) is 15.8. The van der Waals surface area contributed by atoms with E-state index >= 15 is 0 Å². The topological polar surface area (TPSA) is 32.3 Å². The second kappa shape index (κ2) is 6.93. The van der Waals surface area contributed by atoms with E-state index in [9.17, 15) is 18.0 Å². The molecule has 6 heteroatoms. The summed E-state index contributed by atoms with van der Waals surface area (Å²) in [5.74, 6) is -1.36. The van der Waals surface area contributed by atoms with Crippen LogP contribution in [0.2, 0.25) is 0 Å². The number of alkyl halides is 2. The number of nitrogens with zero attached hydrogens (tertiary/aromatic N) is 1. The number of aryl methyl sites for hydroxylation is 1. The standard InChI is InChI=1S/C15H19F3N2O/c1-10-4-5-12(7-13(10)16)19-14(21)9-20-6-2-3-11(8-20)15(17)18/h4-5,7,11,15H,2-3,6,8-9H2,1H3,(H,19,21). The number of carbonyl (C=O) groups is 1. The van der Waals surface area contributed by atoms with Crippen molar-refractivity contribution in [1.82, 2.24) is 4.90 Å². The van der Waals surface area contributed by atoms with Gasteiger partial charge in [0.25, 0.3) is 0 Å². The molecule has 0 aromatic heterocycles. The Morgan fingerprint density at radius 3 is 2.90 bits per heavy atom. The van der Waals surface area contributed by atoms with Gasteiger partial charge < -0.3 is 5.32 Å². The molecule has 0 bridgehead atoms. The summed E-state index contributed by atoms with van der Waals surface area (Å²) in [6.45, 7) is 2.56. The monoisotopic (exact) mass is 300 g/mol. The van der Waals surface area contributed by atoms with Crippen LogP contribution in [-0.2, 0) is 4.79 Å². The second-order valence-electron chi connectivity index (χ2n) is 5.48. The quantitative estimate of drug-likeness (QED) is 0.927. The molecule has 1 aromatic carbocycles. The van der Waals surface area contributed by atoms with Crippen LogP contribution in [0.3, 0.4) is 0 Å². The SMILES string of the molecule is Cc1ccc(NC(=O)CN2CCCC(C(F)F)C2)cc1F. The average Bonchev–Trinajstić information content (AvgIpc) is 2.43. The molecule has 116 valence electrons. The van der Waals surface area contributed by atoms with Gasteiger partial charge in [0.15, 0.2) is 0 Å². The van der Waals surface area contributed by atoms with Gasteiger partial charge in [-0.15, -0.1) is 0 Å². The lowest BCUT2D eigenvalue weighted by Gasteiger charge is -2.31. The van der Waals surface area contributed by atoms with E-state index in [0.717, 1.165) is 0 Å². The van der Waals surface area contributed by atoms with E-state index in [1.807, 2.05) is 0 Å². The van der Waals surface area contributed by atoms with Crippen molar-refractivity contribution in [3.05, 3.63) is 29.6 Å². The first-order valence-corrected chi connectivity index (χ1v) is 7.02. The summed E-state index contributed by atoms with van der Waals surface area (Å²) in [5, 5.41) is 2.59. The van der Waals surface area contributed by atoms with Crippen LogP contribution in [0, 0.1) is 18.7 Å². The summed E-state index contributed by atoms with van der Waals surface area (Å²) in [6, 6.07) is 4.46. The molecule has 3 nitrogen and oxygen atoms in total. The zero-order valence-corrected chi connectivity index (χ0v) is 11.9. The summed E-state index contributed by atoms with van der Waals surface area (Å²) < 4.78 is 38.8. The highest BCUT2D eigenvalue weighted by Gasteiger charge is 2.27. The third-order valence-electron chi connectivity index (χ3n) is 3.72. The normalized spacial score (nSPS) is 19.8. The summed E-state index contributed by atoms with van der Waals surface area (Å²) >= 11 is 0. The van der Waals surface area contributed by atoms with Crippen LogP contribution < -0.4 is 5.32 Å². The molecule has 1 aliphatic rings. The molecule has 1 N–H and O–H groups in total. The number of nitrogens with one attached hydrogen (secondary N) is 1. The molecule has 0 spiro atoms. The molecular weight excluding hydrogens is 281 g/mol. The van der Waals surface area contributed by atoms with Crippen molar-refractivity contribution in [3.8, 4) is 0 Å². The van der Waals surface area contributed by atoms with Crippen LogP contribution in [-0.4, -0.2) is 36.9 Å². The molecule has 1 aromatic rings. The van der Waals surface area contributed by atoms with Crippen molar-refractivity contribution >= 4 is 11.6 Å². The highest BCUT2D eigenvalue weighted by atomic mass is 19.3. The fourth-order valence-corrected chi connectivity index (χ4v) is 2.51. The lowest BCUT2D eigenvalue weighted by molar-refractivity contribution is -0.118. The second-order valence-corrected chi connectivity index (χ2v) is 5.48. The van der Waals surface area contributed by atoms with E-state index in [1.165, 1.54) is 6.07 Å². The Morgan fingerprint density at radius 2 is 2.24 bits per heavy atom. The Kier molecular flexibility index (Phi) is 5.22. The van der Waals surface area contributed by atoms with Gasteiger partial charge in [-0.25, -0.2) is 13.2 Å². The number of hydrogen-bond acceptors (Lipinski definition) is 2. The maximum absolute atomic E-state index is 13.4. The molecule has 2 rings (SSSR count). The highest BCUT2D eigenvalue weighted by Crippen LogP contribution is 2.22. The largest absolute Gasteiger partial charge is 0.325 e. The van der Waals surface area contributed by atoms with Crippen LogP contribution in [0.15, 0.2) is 18.2 Å². The fourth-order valence-electron chi connectivity index (χ4n) is 2.51. The lowest BCUT2D eigenvalue weighted by atomic mass is 9.99. The minimum absolute atomic E-state index is 0.0543. The highest BCUT2D eigenvalue weighted by molar-refractivity contribution is 5.92. The smallest absolute Gasteiger partial charge is 0.242 e. The van der Waals surface area contributed by atoms with Gasteiger partial charge >= 0.3 is 0 Å². The number of piperidine rings is 1. The Balaban J connectivity index is 1.87. The Bertz CT molecular complexity index is 508. The van der Waals surface area contributed by atoms with E-state index in [0.29, 0.717) is 30.6 Å². The molecule has 21 heavy (non-hydrogen) atoms. The minimum atomic E-state index is -2.35. The van der Waals surface area contributed by atoms with Crippen LogP contribution in [0.4, 0.5) is 18.9 Å². The molecule has 1 aliphatic heterocycles. The Labute approximate surface area is 122 Å². The number of anilines is 1. The van der Waals surface area contributed by atoms with Gasteiger partial charge in [0, 0.05) is 18.2 Å². The number of halogens is 3. The van der Waals surface area contributed by atoms with Crippen LogP contribution in [0.25, 0.3) is 0 Å². The van der Waals surface area contributed by atoms with Crippen LogP contribution in [0.1, 0.15) is 18.4 Å². The maximum Gasteiger partial charge on any atom is 0.242 e. The molecule has 1 fully saturated rings. The van der Waals surface area contributed by atoms with Gasteiger partial charge in [-0.3, -0.25) is 9.69 Å². The van der Waals surface area contributed by atoms with Crippen molar-refractivity contribution < 1.29 is 18.0 Å². The van der Waals surface area contributed by atoms with Crippen molar-refractivity contribution in [2.75, 3.05) is 25.0 Å². The number of amides is 1. The predicted molar refractivity (Wildman–Crippen MR) is 74.9 cm³/mol. The van der Waals surface area contributed by atoms with Crippen LogP contribution >= 0.6 is 0 Å². The zero-order valence-electron chi connectivity index (χ0n) is 11.9. The van der Waals surface area contributed by atoms with E-state index < -0.39 is 12.3 Å². The van der Waals surface area contributed by atoms with Gasteiger partial charge in [0.05, 0.1) is 6.54 Å². The molecule has 1 atom stereocenters. The summed E-state index contributed by atoms with van der Waals surface area (Å²) in [4.78, 5) is 13.6. The maximum atomic E-state index is 13.4. The molecule has 0 radical (unpaired) electrons. The van der Waals surface area contributed by atoms with Gasteiger partial charge in [0.1, 0.15) is 5.82 Å². The predicted octanol–water partition coefficient (Wildman–Crippen LogP) is 3.05. The third kappa shape index (κ3) is 4.46. The van der Waals surface area contributed by atoms with E-state index in [4.69, 9.17) is 0 Å². The van der Waals surface area contributed by atoms with E-state index in [-0.39, 0.29) is 24.8 Å². The van der Waals surface area contributed by atoms with Gasteiger partial charge in [-0.05, 0) is 44.0 Å². The number of likely N-dealkylation sites (tertiary alicyclic amines) is 1. The number of rotatable bonds is 4. The summed E-state index contributed by atoms with van der Waals surface area (Å²) in [6.07, 6.45) is -1.18. The molecular formula is C15H19F3N2O. The molecule has 1 unspecified atom stereocenters. The first-order valence-electron chi connectivity index (χ1n) is 7.02.